The summed E-state index contributed by atoms with van der Waals surface area (Å²) in [7, 11) is 0. The van der Waals surface area contributed by atoms with E-state index in [1.54, 1.807) is 0 Å². The van der Waals surface area contributed by atoms with Gasteiger partial charge >= 0.3 is 5.97 Å². The number of carboxylic acids is 1. The van der Waals surface area contributed by atoms with Crippen LogP contribution in [-0.4, -0.2) is 23.5 Å². The van der Waals surface area contributed by atoms with E-state index in [1.807, 2.05) is 18.2 Å². The molecule has 0 bridgehead atoms. The van der Waals surface area contributed by atoms with Crippen molar-refractivity contribution in [1.29, 1.82) is 0 Å². The molecule has 110 valence electrons. The number of carbonyl (C=O) groups is 2. The second kappa shape index (κ2) is 9.13. The second-order valence-corrected chi connectivity index (χ2v) is 4.85. The van der Waals surface area contributed by atoms with Crippen LogP contribution in [0.3, 0.4) is 0 Å². The van der Waals surface area contributed by atoms with Crippen LogP contribution in [0.1, 0.15) is 43.7 Å². The van der Waals surface area contributed by atoms with Crippen molar-refractivity contribution in [2.24, 2.45) is 0 Å². The minimum atomic E-state index is -0.759. The number of hydrogen-bond donors (Lipinski definition) is 2. The molecule has 0 aliphatic rings. The molecule has 4 nitrogen and oxygen atoms in total. The Kier molecular flexibility index (Phi) is 7.40. The van der Waals surface area contributed by atoms with Crippen LogP contribution in [0.25, 0.3) is 0 Å². The topological polar surface area (TPSA) is 66.4 Å². The Bertz CT molecular complexity index is 443. The number of carboxylic acid groups (broad SMARTS) is 1. The highest BCUT2D eigenvalue weighted by Crippen LogP contribution is 2.10. The van der Waals surface area contributed by atoms with Gasteiger partial charge in [0.2, 0.25) is 5.91 Å². The van der Waals surface area contributed by atoms with E-state index in [-0.39, 0.29) is 12.3 Å². The van der Waals surface area contributed by atoms with Crippen LogP contribution in [-0.2, 0) is 22.4 Å². The highest BCUT2D eigenvalue weighted by atomic mass is 16.4. The lowest BCUT2D eigenvalue weighted by Gasteiger charge is -2.08. The summed E-state index contributed by atoms with van der Waals surface area (Å²) in [5.41, 5.74) is 2.29. The van der Waals surface area contributed by atoms with Crippen LogP contribution in [0.15, 0.2) is 24.3 Å². The summed E-state index contributed by atoms with van der Waals surface area (Å²) < 4.78 is 0. The molecular formula is C16H23NO3. The van der Waals surface area contributed by atoms with E-state index in [0.717, 1.165) is 24.8 Å². The van der Waals surface area contributed by atoms with Gasteiger partial charge in [0, 0.05) is 13.0 Å². The molecule has 0 aliphatic heterocycles. The molecule has 0 atom stereocenters. The number of aliphatic carboxylic acids is 1. The van der Waals surface area contributed by atoms with E-state index in [0.29, 0.717) is 19.4 Å². The quantitative estimate of drug-likeness (QED) is 0.682. The number of carbonyl (C=O) groups excluding carboxylic acids is 1. The average molecular weight is 277 g/mol. The SMILES string of the molecule is CCc1ccccc1CC(=O)NCCCCCC(=O)O. The summed E-state index contributed by atoms with van der Waals surface area (Å²) in [6.07, 6.45) is 3.88. The fraction of sp³-hybridized carbons (Fsp3) is 0.500. The first kappa shape index (κ1) is 16.2. The zero-order chi connectivity index (χ0) is 14.8. The van der Waals surface area contributed by atoms with Crippen LogP contribution in [0, 0.1) is 0 Å². The molecule has 0 saturated carbocycles. The molecule has 0 unspecified atom stereocenters. The molecule has 4 heteroatoms. The first-order valence-electron chi connectivity index (χ1n) is 7.18. The van der Waals surface area contributed by atoms with Crippen molar-refractivity contribution in [3.63, 3.8) is 0 Å². The lowest BCUT2D eigenvalue weighted by molar-refractivity contribution is -0.137. The highest BCUT2D eigenvalue weighted by molar-refractivity contribution is 5.78. The Morgan fingerprint density at radius 2 is 1.80 bits per heavy atom. The number of rotatable bonds is 9. The van der Waals surface area contributed by atoms with Crippen LogP contribution in [0.5, 0.6) is 0 Å². The van der Waals surface area contributed by atoms with E-state index in [9.17, 15) is 9.59 Å². The summed E-state index contributed by atoms with van der Waals surface area (Å²) in [4.78, 5) is 22.2. The minimum absolute atomic E-state index is 0.0316. The normalized spacial score (nSPS) is 10.2. The molecule has 0 heterocycles. The standard InChI is InChI=1S/C16H23NO3/c1-2-13-8-5-6-9-14(13)12-15(18)17-11-7-3-4-10-16(19)20/h5-6,8-9H,2-4,7,10-12H2,1H3,(H,17,18)(H,19,20). The maximum atomic E-state index is 11.8. The third-order valence-corrected chi connectivity index (χ3v) is 3.24. The van der Waals surface area contributed by atoms with Crippen LogP contribution in [0.2, 0.25) is 0 Å². The molecule has 0 saturated heterocycles. The molecule has 1 amide bonds. The summed E-state index contributed by atoms with van der Waals surface area (Å²) in [5, 5.41) is 11.4. The molecule has 0 aliphatic carbocycles. The molecular weight excluding hydrogens is 254 g/mol. The third-order valence-electron chi connectivity index (χ3n) is 3.24. The van der Waals surface area contributed by atoms with Gasteiger partial charge in [-0.05, 0) is 30.4 Å². The predicted octanol–water partition coefficient (Wildman–Crippen LogP) is 2.55. The number of unbranched alkanes of at least 4 members (excludes halogenated alkanes) is 2. The fourth-order valence-electron chi connectivity index (χ4n) is 2.12. The Hall–Kier alpha value is -1.84. The van der Waals surface area contributed by atoms with Gasteiger partial charge in [-0.25, -0.2) is 0 Å². The van der Waals surface area contributed by atoms with Crippen LogP contribution < -0.4 is 5.32 Å². The van der Waals surface area contributed by atoms with Gasteiger partial charge in [-0.3, -0.25) is 9.59 Å². The molecule has 2 N–H and O–H groups in total. The molecule has 0 radical (unpaired) electrons. The number of hydrogen-bond acceptors (Lipinski definition) is 2. The Labute approximate surface area is 120 Å². The van der Waals surface area contributed by atoms with Gasteiger partial charge in [-0.2, -0.15) is 0 Å². The third kappa shape index (κ3) is 6.36. The largest absolute Gasteiger partial charge is 0.481 e. The van der Waals surface area contributed by atoms with Crippen molar-refractivity contribution in [1.82, 2.24) is 5.32 Å². The van der Waals surface area contributed by atoms with E-state index >= 15 is 0 Å². The van der Waals surface area contributed by atoms with Gasteiger partial charge in [-0.1, -0.05) is 37.6 Å². The summed E-state index contributed by atoms with van der Waals surface area (Å²) in [6.45, 7) is 2.70. The zero-order valence-electron chi connectivity index (χ0n) is 12.0. The Morgan fingerprint density at radius 1 is 1.10 bits per heavy atom. The molecule has 0 spiro atoms. The van der Waals surface area contributed by atoms with Gasteiger partial charge < -0.3 is 10.4 Å². The molecule has 0 aromatic heterocycles. The van der Waals surface area contributed by atoms with Crippen molar-refractivity contribution < 1.29 is 14.7 Å². The predicted molar refractivity (Wildman–Crippen MR) is 78.6 cm³/mol. The van der Waals surface area contributed by atoms with Crippen molar-refractivity contribution in [2.45, 2.75) is 45.4 Å². The number of amides is 1. The van der Waals surface area contributed by atoms with E-state index in [2.05, 4.69) is 18.3 Å². The van der Waals surface area contributed by atoms with Gasteiger partial charge in [0.15, 0.2) is 0 Å². The van der Waals surface area contributed by atoms with Crippen molar-refractivity contribution >= 4 is 11.9 Å². The van der Waals surface area contributed by atoms with Gasteiger partial charge in [-0.15, -0.1) is 0 Å². The van der Waals surface area contributed by atoms with Crippen molar-refractivity contribution in [2.75, 3.05) is 6.54 Å². The monoisotopic (exact) mass is 277 g/mol. The van der Waals surface area contributed by atoms with E-state index in [1.165, 1.54) is 5.56 Å². The van der Waals surface area contributed by atoms with Crippen LogP contribution in [0.4, 0.5) is 0 Å². The average Bonchev–Trinajstić information content (AvgIpc) is 2.43. The zero-order valence-corrected chi connectivity index (χ0v) is 12.0. The smallest absolute Gasteiger partial charge is 0.303 e. The Morgan fingerprint density at radius 3 is 2.45 bits per heavy atom. The number of benzene rings is 1. The maximum absolute atomic E-state index is 11.8. The lowest BCUT2D eigenvalue weighted by atomic mass is 10.0. The number of nitrogens with one attached hydrogen (secondary N) is 1. The van der Waals surface area contributed by atoms with Gasteiger partial charge in [0.05, 0.1) is 6.42 Å². The summed E-state index contributed by atoms with van der Waals surface area (Å²) in [5.74, 6) is -0.727. The lowest BCUT2D eigenvalue weighted by Crippen LogP contribution is -2.26. The highest BCUT2D eigenvalue weighted by Gasteiger charge is 2.06. The first-order valence-corrected chi connectivity index (χ1v) is 7.18. The van der Waals surface area contributed by atoms with Crippen molar-refractivity contribution in [3.05, 3.63) is 35.4 Å². The fourth-order valence-corrected chi connectivity index (χ4v) is 2.12. The summed E-state index contributed by atoms with van der Waals surface area (Å²) in [6, 6.07) is 7.98. The van der Waals surface area contributed by atoms with Crippen molar-refractivity contribution in [3.8, 4) is 0 Å². The Balaban J connectivity index is 2.22. The molecule has 1 rings (SSSR count). The number of aryl methyl sites for hydroxylation is 1. The van der Waals surface area contributed by atoms with Gasteiger partial charge in [0.25, 0.3) is 0 Å². The molecule has 20 heavy (non-hydrogen) atoms. The molecule has 0 fully saturated rings. The maximum Gasteiger partial charge on any atom is 0.303 e. The second-order valence-electron chi connectivity index (χ2n) is 4.85. The van der Waals surface area contributed by atoms with E-state index in [4.69, 9.17) is 5.11 Å². The van der Waals surface area contributed by atoms with Crippen LogP contribution >= 0.6 is 0 Å². The molecule has 1 aromatic carbocycles. The molecule has 1 aromatic rings. The first-order chi connectivity index (χ1) is 9.63. The van der Waals surface area contributed by atoms with E-state index < -0.39 is 5.97 Å². The summed E-state index contributed by atoms with van der Waals surface area (Å²) >= 11 is 0. The van der Waals surface area contributed by atoms with Gasteiger partial charge in [0.1, 0.15) is 0 Å². The minimum Gasteiger partial charge on any atom is -0.481 e.